The first-order valence-electron chi connectivity index (χ1n) is 9.14. The number of aryl methyl sites for hydroxylation is 2. The Kier molecular flexibility index (Phi) is 5.97. The summed E-state index contributed by atoms with van der Waals surface area (Å²) in [7, 11) is 1.82. The van der Waals surface area contributed by atoms with E-state index in [0.29, 0.717) is 26.3 Å². The molecule has 1 aromatic heterocycles. The summed E-state index contributed by atoms with van der Waals surface area (Å²) in [4.78, 5) is 2.12. The fraction of sp³-hybridized carbons (Fsp3) is 0.526. The number of nitrogens with one attached hydrogen (secondary N) is 1. The second-order valence-corrected chi connectivity index (χ2v) is 6.94. The largest absolute Gasteiger partial charge is 0.422 e. The minimum absolute atomic E-state index is 0.164. The Labute approximate surface area is 161 Å². The lowest BCUT2D eigenvalue weighted by Gasteiger charge is -2.32. The van der Waals surface area contributed by atoms with E-state index in [1.807, 2.05) is 14.0 Å². The van der Waals surface area contributed by atoms with Crippen LogP contribution in [0.5, 0.6) is 0 Å². The second-order valence-electron chi connectivity index (χ2n) is 6.94. The molecule has 0 bridgehead atoms. The van der Waals surface area contributed by atoms with Crippen molar-refractivity contribution in [2.45, 2.75) is 25.2 Å². The van der Waals surface area contributed by atoms with Gasteiger partial charge in [0.2, 0.25) is 0 Å². The van der Waals surface area contributed by atoms with Gasteiger partial charge in [-0.3, -0.25) is 4.68 Å². The standard InChI is InChI=1S/C19H25F3N4O2/c1-14-16(17(25(2)24-14)26-8-10-28-11-9-26)12-23-13-18(27,19(20,21)22)15-6-4-3-5-7-15/h3-7,23,27H,8-13H2,1-2H3/t18-/m0/s1. The Bertz CT molecular complexity index is 788. The van der Waals surface area contributed by atoms with Gasteiger partial charge in [0, 0.05) is 38.8 Å². The molecule has 0 radical (unpaired) electrons. The van der Waals surface area contributed by atoms with E-state index in [9.17, 15) is 18.3 Å². The molecule has 1 aromatic carbocycles. The number of aliphatic hydroxyl groups is 1. The summed E-state index contributed by atoms with van der Waals surface area (Å²) in [5.74, 6) is 0.864. The number of benzene rings is 1. The van der Waals surface area contributed by atoms with E-state index in [-0.39, 0.29) is 12.1 Å². The highest BCUT2D eigenvalue weighted by molar-refractivity contribution is 5.50. The van der Waals surface area contributed by atoms with Crippen LogP contribution in [0.4, 0.5) is 19.0 Å². The van der Waals surface area contributed by atoms with Crippen LogP contribution in [0.1, 0.15) is 16.8 Å². The molecule has 0 spiro atoms. The third-order valence-corrected chi connectivity index (χ3v) is 5.03. The Hall–Kier alpha value is -2.10. The van der Waals surface area contributed by atoms with Crippen molar-refractivity contribution in [2.24, 2.45) is 7.05 Å². The summed E-state index contributed by atoms with van der Waals surface area (Å²) in [6, 6.07) is 7.14. The van der Waals surface area contributed by atoms with E-state index < -0.39 is 18.3 Å². The van der Waals surface area contributed by atoms with Crippen molar-refractivity contribution < 1.29 is 23.0 Å². The lowest BCUT2D eigenvalue weighted by atomic mass is 9.93. The van der Waals surface area contributed by atoms with Gasteiger partial charge in [-0.05, 0) is 12.5 Å². The van der Waals surface area contributed by atoms with Gasteiger partial charge in [-0.1, -0.05) is 30.3 Å². The maximum atomic E-state index is 13.6. The molecule has 2 N–H and O–H groups in total. The van der Waals surface area contributed by atoms with Gasteiger partial charge in [0.25, 0.3) is 0 Å². The molecule has 1 aliphatic rings. The quantitative estimate of drug-likeness (QED) is 0.781. The zero-order chi connectivity index (χ0) is 20.4. The first-order valence-corrected chi connectivity index (χ1v) is 9.14. The number of rotatable bonds is 6. The van der Waals surface area contributed by atoms with Crippen LogP contribution in [-0.4, -0.2) is 53.9 Å². The lowest BCUT2D eigenvalue weighted by molar-refractivity contribution is -0.264. The third kappa shape index (κ3) is 4.01. The first-order chi connectivity index (χ1) is 13.2. The number of ether oxygens (including phenoxy) is 1. The predicted molar refractivity (Wildman–Crippen MR) is 99.1 cm³/mol. The highest BCUT2D eigenvalue weighted by atomic mass is 19.4. The normalized spacial score (nSPS) is 17.6. The highest BCUT2D eigenvalue weighted by Gasteiger charge is 2.54. The summed E-state index contributed by atoms with van der Waals surface area (Å²) < 4.78 is 48.0. The Morgan fingerprint density at radius 1 is 1.18 bits per heavy atom. The van der Waals surface area contributed by atoms with Gasteiger partial charge >= 0.3 is 6.18 Å². The maximum absolute atomic E-state index is 13.6. The number of hydrogen-bond donors (Lipinski definition) is 2. The van der Waals surface area contributed by atoms with E-state index in [1.165, 1.54) is 24.3 Å². The monoisotopic (exact) mass is 398 g/mol. The number of nitrogens with zero attached hydrogens (tertiary/aromatic N) is 3. The molecule has 1 saturated heterocycles. The van der Waals surface area contributed by atoms with Crippen molar-refractivity contribution in [3.05, 3.63) is 47.2 Å². The van der Waals surface area contributed by atoms with Gasteiger partial charge in [0.05, 0.1) is 18.9 Å². The van der Waals surface area contributed by atoms with Crippen LogP contribution in [0.3, 0.4) is 0 Å². The van der Waals surface area contributed by atoms with Crippen LogP contribution in [-0.2, 0) is 23.9 Å². The molecule has 1 aliphatic heterocycles. The first kappa shape index (κ1) is 20.6. The second kappa shape index (κ2) is 8.10. The number of halogens is 3. The topological polar surface area (TPSA) is 62.5 Å². The average Bonchev–Trinajstić information content (AvgIpc) is 2.95. The maximum Gasteiger partial charge on any atom is 0.422 e. The van der Waals surface area contributed by atoms with E-state index in [2.05, 4.69) is 15.3 Å². The molecule has 0 aliphatic carbocycles. The molecule has 2 aromatic rings. The molecule has 1 fully saturated rings. The van der Waals surface area contributed by atoms with E-state index in [4.69, 9.17) is 4.74 Å². The van der Waals surface area contributed by atoms with Crippen LogP contribution in [0.2, 0.25) is 0 Å². The number of anilines is 1. The van der Waals surface area contributed by atoms with Crippen LogP contribution < -0.4 is 10.2 Å². The SMILES string of the molecule is Cc1nn(C)c(N2CCOCC2)c1CNC[C@](O)(c1ccccc1)C(F)(F)F. The Balaban J connectivity index is 1.78. The van der Waals surface area contributed by atoms with Crippen molar-refractivity contribution in [1.29, 1.82) is 0 Å². The van der Waals surface area contributed by atoms with Gasteiger partial charge in [-0.2, -0.15) is 18.3 Å². The molecule has 2 heterocycles. The van der Waals surface area contributed by atoms with E-state index in [0.717, 1.165) is 17.1 Å². The molecule has 154 valence electrons. The van der Waals surface area contributed by atoms with Crippen molar-refractivity contribution in [3.8, 4) is 0 Å². The summed E-state index contributed by atoms with van der Waals surface area (Å²) in [6.45, 7) is 3.92. The van der Waals surface area contributed by atoms with Crippen LogP contribution in [0, 0.1) is 6.92 Å². The van der Waals surface area contributed by atoms with Gasteiger partial charge < -0.3 is 20.1 Å². The molecular weight excluding hydrogens is 373 g/mol. The van der Waals surface area contributed by atoms with Crippen LogP contribution >= 0.6 is 0 Å². The van der Waals surface area contributed by atoms with E-state index in [1.54, 1.807) is 10.7 Å². The highest BCUT2D eigenvalue weighted by Crippen LogP contribution is 2.38. The van der Waals surface area contributed by atoms with Crippen molar-refractivity contribution >= 4 is 5.82 Å². The van der Waals surface area contributed by atoms with Gasteiger partial charge in [-0.15, -0.1) is 0 Å². The lowest BCUT2D eigenvalue weighted by Crippen LogP contribution is -2.49. The zero-order valence-electron chi connectivity index (χ0n) is 16.0. The molecule has 28 heavy (non-hydrogen) atoms. The van der Waals surface area contributed by atoms with Gasteiger partial charge in [0.1, 0.15) is 5.82 Å². The molecule has 6 nitrogen and oxygen atoms in total. The zero-order valence-corrected chi connectivity index (χ0v) is 16.0. The van der Waals surface area contributed by atoms with Crippen molar-refractivity contribution in [1.82, 2.24) is 15.1 Å². The van der Waals surface area contributed by atoms with Crippen molar-refractivity contribution in [3.63, 3.8) is 0 Å². The Morgan fingerprint density at radius 2 is 1.82 bits per heavy atom. The van der Waals surface area contributed by atoms with Gasteiger partial charge in [-0.25, -0.2) is 0 Å². The predicted octanol–water partition coefficient (Wildman–Crippen LogP) is 2.10. The molecule has 0 saturated carbocycles. The van der Waals surface area contributed by atoms with Gasteiger partial charge in [0.15, 0.2) is 5.60 Å². The number of morpholine rings is 1. The number of hydrogen-bond acceptors (Lipinski definition) is 5. The average molecular weight is 398 g/mol. The summed E-state index contributed by atoms with van der Waals surface area (Å²) in [5, 5.41) is 17.7. The Morgan fingerprint density at radius 3 is 2.43 bits per heavy atom. The molecule has 0 unspecified atom stereocenters. The molecule has 0 amide bonds. The summed E-state index contributed by atoms with van der Waals surface area (Å²) in [5.41, 5.74) is -1.59. The van der Waals surface area contributed by atoms with Crippen molar-refractivity contribution in [2.75, 3.05) is 37.7 Å². The van der Waals surface area contributed by atoms with Crippen LogP contribution in [0.15, 0.2) is 30.3 Å². The smallest absolute Gasteiger partial charge is 0.378 e. The third-order valence-electron chi connectivity index (χ3n) is 5.03. The minimum atomic E-state index is -4.81. The molecule has 9 heteroatoms. The van der Waals surface area contributed by atoms with E-state index >= 15 is 0 Å². The number of aromatic nitrogens is 2. The number of alkyl halides is 3. The molecule has 1 atom stereocenters. The molecular formula is C19H25F3N4O2. The summed E-state index contributed by atoms with van der Waals surface area (Å²) in [6.07, 6.45) is -4.81. The minimum Gasteiger partial charge on any atom is -0.378 e. The molecule has 3 rings (SSSR count). The fourth-order valence-electron chi connectivity index (χ4n) is 3.52. The van der Waals surface area contributed by atoms with Crippen LogP contribution in [0.25, 0.3) is 0 Å². The fourth-order valence-corrected chi connectivity index (χ4v) is 3.52. The summed E-state index contributed by atoms with van der Waals surface area (Å²) >= 11 is 0.